The third kappa shape index (κ3) is 3.51. The van der Waals surface area contributed by atoms with Crippen molar-refractivity contribution in [3.63, 3.8) is 0 Å². The quantitative estimate of drug-likeness (QED) is 0.857. The molecule has 0 N–H and O–H groups in total. The molecule has 1 aromatic heterocycles. The van der Waals surface area contributed by atoms with E-state index in [0.29, 0.717) is 30.2 Å². The van der Waals surface area contributed by atoms with Gasteiger partial charge in [0.15, 0.2) is 0 Å². The van der Waals surface area contributed by atoms with Crippen molar-refractivity contribution in [1.29, 1.82) is 0 Å². The fraction of sp³-hybridized carbons (Fsp3) is 0.400. The van der Waals surface area contributed by atoms with Gasteiger partial charge >= 0.3 is 0 Å². The zero-order chi connectivity index (χ0) is 17.1. The lowest BCUT2D eigenvalue weighted by atomic mass is 9.89. The SMILES string of the molecule is O=C(c1ccc(Oc2cccnc2)cc1)N1CCO[C@@H]2CCCC[C@H]21. The number of hydrogen-bond acceptors (Lipinski definition) is 4. The molecule has 2 aliphatic rings. The van der Waals surface area contributed by atoms with Crippen LogP contribution in [0.4, 0.5) is 0 Å². The van der Waals surface area contributed by atoms with Crippen LogP contribution in [0.2, 0.25) is 0 Å². The van der Waals surface area contributed by atoms with Crippen molar-refractivity contribution in [2.24, 2.45) is 0 Å². The van der Waals surface area contributed by atoms with E-state index < -0.39 is 0 Å². The average Bonchev–Trinajstić information content (AvgIpc) is 2.68. The molecule has 130 valence electrons. The van der Waals surface area contributed by atoms with Gasteiger partial charge in [-0.3, -0.25) is 9.78 Å². The van der Waals surface area contributed by atoms with Crippen molar-refractivity contribution in [3.05, 3.63) is 54.4 Å². The molecular weight excluding hydrogens is 316 g/mol. The highest BCUT2D eigenvalue weighted by molar-refractivity contribution is 5.94. The molecule has 1 saturated carbocycles. The number of hydrogen-bond donors (Lipinski definition) is 0. The van der Waals surface area contributed by atoms with Crippen molar-refractivity contribution in [2.45, 2.75) is 37.8 Å². The van der Waals surface area contributed by atoms with Crippen molar-refractivity contribution >= 4 is 5.91 Å². The maximum absolute atomic E-state index is 12.9. The first-order valence-electron chi connectivity index (χ1n) is 8.92. The minimum absolute atomic E-state index is 0.0909. The van der Waals surface area contributed by atoms with E-state index in [0.717, 1.165) is 12.8 Å². The Balaban J connectivity index is 1.46. The zero-order valence-corrected chi connectivity index (χ0v) is 14.1. The van der Waals surface area contributed by atoms with Crippen LogP contribution in [0, 0.1) is 0 Å². The number of pyridine rings is 1. The van der Waals surface area contributed by atoms with Gasteiger partial charge in [-0.05, 0) is 49.2 Å². The Morgan fingerprint density at radius 2 is 1.96 bits per heavy atom. The highest BCUT2D eigenvalue weighted by Gasteiger charge is 2.36. The van der Waals surface area contributed by atoms with E-state index in [4.69, 9.17) is 9.47 Å². The third-order valence-electron chi connectivity index (χ3n) is 4.96. The molecule has 25 heavy (non-hydrogen) atoms. The van der Waals surface area contributed by atoms with E-state index >= 15 is 0 Å². The average molecular weight is 338 g/mol. The van der Waals surface area contributed by atoms with Crippen molar-refractivity contribution in [1.82, 2.24) is 9.88 Å². The van der Waals surface area contributed by atoms with E-state index in [1.165, 1.54) is 12.8 Å². The standard InChI is InChI=1S/C20H22N2O3/c23-20(22-12-13-24-19-6-2-1-5-18(19)22)15-7-9-16(10-8-15)25-17-4-3-11-21-14-17/h3-4,7-11,14,18-19H,1-2,5-6,12-13H2/t18-,19-/m1/s1. The second-order valence-corrected chi connectivity index (χ2v) is 6.57. The molecule has 4 rings (SSSR count). The Morgan fingerprint density at radius 3 is 2.76 bits per heavy atom. The van der Waals surface area contributed by atoms with Crippen LogP contribution in [0.15, 0.2) is 48.8 Å². The van der Waals surface area contributed by atoms with Crippen molar-refractivity contribution < 1.29 is 14.3 Å². The maximum atomic E-state index is 12.9. The topological polar surface area (TPSA) is 51.7 Å². The van der Waals surface area contributed by atoms with Crippen LogP contribution in [-0.4, -0.2) is 41.1 Å². The first-order valence-corrected chi connectivity index (χ1v) is 8.92. The van der Waals surface area contributed by atoms with Crippen LogP contribution in [-0.2, 0) is 4.74 Å². The van der Waals surface area contributed by atoms with Crippen LogP contribution in [0.5, 0.6) is 11.5 Å². The van der Waals surface area contributed by atoms with Crippen LogP contribution in [0.25, 0.3) is 0 Å². The number of benzene rings is 1. The number of nitrogens with zero attached hydrogens (tertiary/aromatic N) is 2. The molecule has 1 saturated heterocycles. The number of carbonyl (C=O) groups is 1. The van der Waals surface area contributed by atoms with Gasteiger partial charge in [0.05, 0.1) is 24.9 Å². The van der Waals surface area contributed by atoms with E-state index in [-0.39, 0.29) is 18.1 Å². The van der Waals surface area contributed by atoms with Gasteiger partial charge < -0.3 is 14.4 Å². The predicted octanol–water partition coefficient (Wildman–Crippen LogP) is 3.66. The largest absolute Gasteiger partial charge is 0.456 e. The Bertz CT molecular complexity index is 715. The van der Waals surface area contributed by atoms with Crippen LogP contribution >= 0.6 is 0 Å². The fourth-order valence-corrected chi connectivity index (χ4v) is 3.72. The Labute approximate surface area is 147 Å². The fourth-order valence-electron chi connectivity index (χ4n) is 3.72. The van der Waals surface area contributed by atoms with Crippen LogP contribution in [0.3, 0.4) is 0 Å². The first-order chi connectivity index (χ1) is 12.3. The summed E-state index contributed by atoms with van der Waals surface area (Å²) in [6.07, 6.45) is 8.05. The lowest BCUT2D eigenvalue weighted by molar-refractivity contribution is -0.0752. The minimum atomic E-state index is 0.0909. The van der Waals surface area contributed by atoms with Gasteiger partial charge in [-0.1, -0.05) is 12.8 Å². The Hall–Kier alpha value is -2.40. The second-order valence-electron chi connectivity index (χ2n) is 6.57. The van der Waals surface area contributed by atoms with E-state index in [1.807, 2.05) is 41.3 Å². The van der Waals surface area contributed by atoms with Gasteiger partial charge in [-0.25, -0.2) is 0 Å². The summed E-state index contributed by atoms with van der Waals surface area (Å²) in [5.74, 6) is 1.47. The molecule has 0 unspecified atom stereocenters. The van der Waals surface area contributed by atoms with Crippen LogP contribution in [0.1, 0.15) is 36.0 Å². The highest BCUT2D eigenvalue weighted by Crippen LogP contribution is 2.30. The summed E-state index contributed by atoms with van der Waals surface area (Å²) in [4.78, 5) is 19.0. The van der Waals surface area contributed by atoms with Crippen molar-refractivity contribution in [2.75, 3.05) is 13.2 Å². The molecular formula is C20H22N2O3. The molecule has 1 aromatic carbocycles. The van der Waals surface area contributed by atoms with Gasteiger partial charge in [0.2, 0.25) is 0 Å². The molecule has 2 atom stereocenters. The molecule has 5 heteroatoms. The number of rotatable bonds is 3. The molecule has 1 aliphatic heterocycles. The van der Waals surface area contributed by atoms with Gasteiger partial charge in [0.1, 0.15) is 11.5 Å². The number of ether oxygens (including phenoxy) is 2. The maximum Gasteiger partial charge on any atom is 0.254 e. The molecule has 5 nitrogen and oxygen atoms in total. The smallest absolute Gasteiger partial charge is 0.254 e. The molecule has 2 fully saturated rings. The van der Waals surface area contributed by atoms with Crippen molar-refractivity contribution in [3.8, 4) is 11.5 Å². The molecule has 1 aliphatic carbocycles. The summed E-state index contributed by atoms with van der Waals surface area (Å²) in [6.45, 7) is 1.31. The summed E-state index contributed by atoms with van der Waals surface area (Å²) in [6, 6.07) is 11.2. The van der Waals surface area contributed by atoms with Gasteiger partial charge in [0, 0.05) is 18.3 Å². The number of aromatic nitrogens is 1. The molecule has 0 bridgehead atoms. The molecule has 2 heterocycles. The lowest BCUT2D eigenvalue weighted by Crippen LogP contribution is -2.54. The third-order valence-corrected chi connectivity index (χ3v) is 4.96. The van der Waals surface area contributed by atoms with E-state index in [1.54, 1.807) is 12.4 Å². The molecule has 0 spiro atoms. The normalized spacial score (nSPS) is 23.0. The number of fused-ring (bicyclic) bond motifs is 1. The lowest BCUT2D eigenvalue weighted by Gasteiger charge is -2.43. The Morgan fingerprint density at radius 1 is 1.12 bits per heavy atom. The molecule has 0 radical (unpaired) electrons. The zero-order valence-electron chi connectivity index (χ0n) is 14.1. The monoisotopic (exact) mass is 338 g/mol. The molecule has 1 amide bonds. The van der Waals surface area contributed by atoms with E-state index in [2.05, 4.69) is 4.98 Å². The number of morpholine rings is 1. The predicted molar refractivity (Wildman–Crippen MR) is 93.8 cm³/mol. The number of amides is 1. The van der Waals surface area contributed by atoms with E-state index in [9.17, 15) is 4.79 Å². The van der Waals surface area contributed by atoms with Gasteiger partial charge in [-0.15, -0.1) is 0 Å². The number of carbonyl (C=O) groups excluding carboxylic acids is 1. The molecule has 2 aromatic rings. The van der Waals surface area contributed by atoms with Crippen LogP contribution < -0.4 is 4.74 Å². The first kappa shape index (κ1) is 16.1. The van der Waals surface area contributed by atoms with Gasteiger partial charge in [0.25, 0.3) is 5.91 Å². The van der Waals surface area contributed by atoms with Gasteiger partial charge in [-0.2, -0.15) is 0 Å². The minimum Gasteiger partial charge on any atom is -0.456 e. The highest BCUT2D eigenvalue weighted by atomic mass is 16.5. The second kappa shape index (κ2) is 7.23. The summed E-state index contributed by atoms with van der Waals surface area (Å²) < 4.78 is 11.6. The Kier molecular flexibility index (Phi) is 4.65. The summed E-state index contributed by atoms with van der Waals surface area (Å²) in [7, 11) is 0. The summed E-state index contributed by atoms with van der Waals surface area (Å²) in [5, 5.41) is 0. The summed E-state index contributed by atoms with van der Waals surface area (Å²) >= 11 is 0. The summed E-state index contributed by atoms with van der Waals surface area (Å²) in [5.41, 5.74) is 0.699.